The van der Waals surface area contributed by atoms with E-state index in [1.807, 2.05) is 6.07 Å². The molecule has 0 spiro atoms. The number of nitrogens with zero attached hydrogens (tertiary/aromatic N) is 1. The molecule has 0 atom stereocenters. The molecule has 2 rings (SSSR count). The highest BCUT2D eigenvalue weighted by Gasteiger charge is 2.29. The number of alkyl halides is 3. The molecule has 9 heteroatoms. The van der Waals surface area contributed by atoms with Gasteiger partial charge < -0.3 is 20.7 Å². The number of hydrogen-bond acceptors (Lipinski definition) is 3. The lowest BCUT2D eigenvalue weighted by molar-refractivity contribution is -0.137. The Labute approximate surface area is 167 Å². The van der Waals surface area contributed by atoms with Crippen molar-refractivity contribution in [3.8, 4) is 5.75 Å². The second-order valence-electron chi connectivity index (χ2n) is 6.19. The fourth-order valence-corrected chi connectivity index (χ4v) is 2.56. The van der Waals surface area contributed by atoms with Crippen molar-refractivity contribution in [2.75, 3.05) is 19.5 Å². The van der Waals surface area contributed by atoms with E-state index in [9.17, 15) is 18.0 Å². The Morgan fingerprint density at radius 2 is 1.62 bits per heavy atom. The number of aliphatic imine (C=N–C) groups is 1. The molecule has 6 nitrogen and oxygen atoms in total. The molecule has 156 valence electrons. The van der Waals surface area contributed by atoms with Gasteiger partial charge >= 0.3 is 6.18 Å². The maximum Gasteiger partial charge on any atom is 0.416 e. The number of methoxy groups -OCH3 is 1. The van der Waals surface area contributed by atoms with Crippen LogP contribution in [0.1, 0.15) is 23.6 Å². The maximum atomic E-state index is 12.6. The molecule has 0 bridgehead atoms. The summed E-state index contributed by atoms with van der Waals surface area (Å²) in [6, 6.07) is 10.3. The first-order valence-electron chi connectivity index (χ1n) is 8.78. The molecule has 0 saturated heterocycles. The highest BCUT2D eigenvalue weighted by atomic mass is 19.4. The minimum atomic E-state index is -4.35. The molecule has 3 N–H and O–H groups in total. The van der Waals surface area contributed by atoms with Gasteiger partial charge in [-0.3, -0.25) is 9.79 Å². The van der Waals surface area contributed by atoms with Crippen LogP contribution in [-0.4, -0.2) is 26.0 Å². The second-order valence-corrected chi connectivity index (χ2v) is 6.19. The van der Waals surface area contributed by atoms with E-state index in [4.69, 9.17) is 4.74 Å². The zero-order chi connectivity index (χ0) is 21.4. The fraction of sp³-hybridized carbons (Fsp3) is 0.300. The molecule has 0 aliphatic heterocycles. The predicted molar refractivity (Wildman–Crippen MR) is 106 cm³/mol. The highest BCUT2D eigenvalue weighted by Crippen LogP contribution is 2.29. The largest absolute Gasteiger partial charge is 0.495 e. The van der Waals surface area contributed by atoms with Crippen molar-refractivity contribution in [1.29, 1.82) is 0 Å². The molecule has 0 saturated carbocycles. The quantitative estimate of drug-likeness (QED) is 0.505. The minimum Gasteiger partial charge on any atom is -0.495 e. The third kappa shape index (κ3) is 6.70. The molecule has 0 aliphatic carbocycles. The van der Waals surface area contributed by atoms with Gasteiger partial charge in [-0.1, -0.05) is 18.2 Å². The SMILES string of the molecule is CN=C(NCc1ccc(C(F)(F)F)cc1)NCc1ccc(OC)c(NC(C)=O)c1. The lowest BCUT2D eigenvalue weighted by Gasteiger charge is -2.14. The third-order valence-electron chi connectivity index (χ3n) is 4.00. The van der Waals surface area contributed by atoms with Crippen LogP contribution in [0.3, 0.4) is 0 Å². The molecule has 0 radical (unpaired) electrons. The maximum absolute atomic E-state index is 12.6. The lowest BCUT2D eigenvalue weighted by atomic mass is 10.1. The number of carbonyl (C=O) groups is 1. The lowest BCUT2D eigenvalue weighted by Crippen LogP contribution is -2.36. The van der Waals surface area contributed by atoms with Gasteiger partial charge in [0.1, 0.15) is 5.75 Å². The number of rotatable bonds is 6. The van der Waals surface area contributed by atoms with E-state index in [1.54, 1.807) is 19.2 Å². The van der Waals surface area contributed by atoms with Crippen LogP contribution in [0.5, 0.6) is 5.75 Å². The number of carbonyl (C=O) groups excluding carboxylic acids is 1. The number of hydrogen-bond donors (Lipinski definition) is 3. The molecule has 0 heterocycles. The van der Waals surface area contributed by atoms with Crippen LogP contribution in [0.4, 0.5) is 18.9 Å². The van der Waals surface area contributed by atoms with Crippen LogP contribution >= 0.6 is 0 Å². The first-order chi connectivity index (χ1) is 13.7. The minimum absolute atomic E-state index is 0.206. The van der Waals surface area contributed by atoms with Gasteiger partial charge in [-0.05, 0) is 35.4 Å². The van der Waals surface area contributed by atoms with Crippen molar-refractivity contribution in [1.82, 2.24) is 10.6 Å². The number of halogens is 3. The van der Waals surface area contributed by atoms with Crippen LogP contribution in [0.15, 0.2) is 47.5 Å². The smallest absolute Gasteiger partial charge is 0.416 e. The van der Waals surface area contributed by atoms with Gasteiger partial charge in [-0.15, -0.1) is 0 Å². The number of benzene rings is 2. The topological polar surface area (TPSA) is 74.8 Å². The van der Waals surface area contributed by atoms with Gasteiger partial charge in [0, 0.05) is 27.1 Å². The Kier molecular flexibility index (Phi) is 7.46. The van der Waals surface area contributed by atoms with Crippen molar-refractivity contribution >= 4 is 17.6 Å². The molecule has 29 heavy (non-hydrogen) atoms. The Bertz CT molecular complexity index is 865. The first-order valence-corrected chi connectivity index (χ1v) is 8.78. The standard InChI is InChI=1S/C20H23F3N4O2/c1-13(28)27-17-10-15(6-9-18(17)29-3)12-26-19(24-2)25-11-14-4-7-16(8-5-14)20(21,22)23/h4-10H,11-12H2,1-3H3,(H,27,28)(H2,24,25,26). The Morgan fingerprint density at radius 3 is 2.14 bits per heavy atom. The summed E-state index contributed by atoms with van der Waals surface area (Å²) in [4.78, 5) is 15.4. The molecule has 0 aromatic heterocycles. The zero-order valence-corrected chi connectivity index (χ0v) is 16.4. The molecule has 2 aromatic carbocycles. The predicted octanol–water partition coefficient (Wildman–Crippen LogP) is 3.54. The highest BCUT2D eigenvalue weighted by molar-refractivity contribution is 5.90. The normalized spacial score (nSPS) is 11.7. The third-order valence-corrected chi connectivity index (χ3v) is 4.00. The van der Waals surface area contributed by atoms with Crippen LogP contribution in [0.2, 0.25) is 0 Å². The molecule has 0 unspecified atom stereocenters. The fourth-order valence-electron chi connectivity index (χ4n) is 2.56. The van der Waals surface area contributed by atoms with Gasteiger partial charge in [0.25, 0.3) is 0 Å². The molecule has 2 aromatic rings. The van der Waals surface area contributed by atoms with Crippen LogP contribution in [0, 0.1) is 0 Å². The van der Waals surface area contributed by atoms with E-state index in [0.717, 1.165) is 17.7 Å². The van der Waals surface area contributed by atoms with Gasteiger partial charge in [-0.2, -0.15) is 13.2 Å². The number of amides is 1. The van der Waals surface area contributed by atoms with Gasteiger partial charge in [0.05, 0.1) is 18.4 Å². The van der Waals surface area contributed by atoms with E-state index >= 15 is 0 Å². The van der Waals surface area contributed by atoms with Crippen molar-refractivity contribution in [3.05, 3.63) is 59.2 Å². The van der Waals surface area contributed by atoms with E-state index in [0.29, 0.717) is 36.0 Å². The summed E-state index contributed by atoms with van der Waals surface area (Å²) in [6.07, 6.45) is -4.35. The van der Waals surface area contributed by atoms with Gasteiger partial charge in [-0.25, -0.2) is 0 Å². The number of anilines is 1. The summed E-state index contributed by atoms with van der Waals surface area (Å²) in [5.41, 5.74) is 1.45. The molecule has 0 aliphatic rings. The summed E-state index contributed by atoms with van der Waals surface area (Å²) in [6.45, 7) is 2.15. The van der Waals surface area contributed by atoms with E-state index in [2.05, 4.69) is 20.9 Å². The summed E-state index contributed by atoms with van der Waals surface area (Å²) in [5, 5.41) is 8.87. The van der Waals surface area contributed by atoms with Crippen molar-refractivity contribution in [2.45, 2.75) is 26.2 Å². The number of guanidine groups is 1. The zero-order valence-electron chi connectivity index (χ0n) is 16.4. The summed E-state index contributed by atoms with van der Waals surface area (Å²) in [5.74, 6) is 0.831. The summed E-state index contributed by atoms with van der Waals surface area (Å²) in [7, 11) is 3.12. The average Bonchev–Trinajstić information content (AvgIpc) is 2.67. The average molecular weight is 408 g/mol. The Balaban J connectivity index is 1.94. The Morgan fingerprint density at radius 1 is 1.03 bits per heavy atom. The van der Waals surface area contributed by atoms with E-state index < -0.39 is 11.7 Å². The molecular formula is C20H23F3N4O2. The Hall–Kier alpha value is -3.23. The first kappa shape index (κ1) is 22.1. The van der Waals surface area contributed by atoms with Gasteiger partial charge in [0.2, 0.25) is 5.91 Å². The summed E-state index contributed by atoms with van der Waals surface area (Å²) < 4.78 is 43.1. The number of nitrogens with one attached hydrogen (secondary N) is 3. The van der Waals surface area contributed by atoms with Crippen molar-refractivity contribution < 1.29 is 22.7 Å². The van der Waals surface area contributed by atoms with E-state index in [1.165, 1.54) is 26.2 Å². The second kappa shape index (κ2) is 9.81. The monoisotopic (exact) mass is 408 g/mol. The van der Waals surface area contributed by atoms with E-state index in [-0.39, 0.29) is 5.91 Å². The van der Waals surface area contributed by atoms with Crippen LogP contribution in [0.25, 0.3) is 0 Å². The molecule has 0 fully saturated rings. The molecule has 1 amide bonds. The molecular weight excluding hydrogens is 385 g/mol. The summed E-state index contributed by atoms with van der Waals surface area (Å²) >= 11 is 0. The van der Waals surface area contributed by atoms with Crippen molar-refractivity contribution in [3.63, 3.8) is 0 Å². The van der Waals surface area contributed by atoms with Crippen molar-refractivity contribution in [2.24, 2.45) is 4.99 Å². The van der Waals surface area contributed by atoms with Crippen LogP contribution in [-0.2, 0) is 24.1 Å². The number of ether oxygens (including phenoxy) is 1. The van der Waals surface area contributed by atoms with Gasteiger partial charge in [0.15, 0.2) is 5.96 Å². The van der Waals surface area contributed by atoms with Crippen LogP contribution < -0.4 is 20.7 Å².